The van der Waals surface area contributed by atoms with Crippen LogP contribution in [0, 0.1) is 0 Å². The SMILES string of the molecule is COCCN(CCOC)c1cnccc1CNC(C)(C)C. The van der Waals surface area contributed by atoms with Crippen molar-refractivity contribution >= 4 is 5.69 Å². The number of rotatable bonds is 9. The van der Waals surface area contributed by atoms with Crippen LogP contribution in [-0.2, 0) is 16.0 Å². The van der Waals surface area contributed by atoms with Gasteiger partial charge in [-0.1, -0.05) is 0 Å². The Hall–Kier alpha value is -1.17. The van der Waals surface area contributed by atoms with Crippen molar-refractivity contribution in [2.24, 2.45) is 0 Å². The van der Waals surface area contributed by atoms with Gasteiger partial charge < -0.3 is 19.7 Å². The van der Waals surface area contributed by atoms with Gasteiger partial charge in [0.05, 0.1) is 25.1 Å². The number of nitrogens with one attached hydrogen (secondary N) is 1. The van der Waals surface area contributed by atoms with E-state index in [1.54, 1.807) is 14.2 Å². The van der Waals surface area contributed by atoms with E-state index in [0.29, 0.717) is 13.2 Å². The molecule has 0 unspecified atom stereocenters. The normalized spacial score (nSPS) is 11.7. The summed E-state index contributed by atoms with van der Waals surface area (Å²) in [6.45, 7) is 10.3. The van der Waals surface area contributed by atoms with Crippen molar-refractivity contribution in [1.82, 2.24) is 10.3 Å². The van der Waals surface area contributed by atoms with Gasteiger partial charge in [-0.15, -0.1) is 0 Å². The van der Waals surface area contributed by atoms with Crippen LogP contribution in [0.5, 0.6) is 0 Å². The molecule has 21 heavy (non-hydrogen) atoms. The van der Waals surface area contributed by atoms with Crippen molar-refractivity contribution in [2.75, 3.05) is 45.4 Å². The van der Waals surface area contributed by atoms with Crippen LogP contribution in [0.4, 0.5) is 5.69 Å². The van der Waals surface area contributed by atoms with Gasteiger partial charge in [-0.05, 0) is 32.4 Å². The second kappa shape index (κ2) is 8.97. The van der Waals surface area contributed by atoms with Crippen LogP contribution >= 0.6 is 0 Å². The van der Waals surface area contributed by atoms with Crippen LogP contribution in [-0.4, -0.2) is 51.0 Å². The Morgan fingerprint density at radius 2 is 1.76 bits per heavy atom. The first-order valence-corrected chi connectivity index (χ1v) is 7.38. The van der Waals surface area contributed by atoms with Gasteiger partial charge in [-0.2, -0.15) is 0 Å². The summed E-state index contributed by atoms with van der Waals surface area (Å²) in [7, 11) is 3.44. The Kier molecular flexibility index (Phi) is 7.64. The molecular weight excluding hydrogens is 266 g/mol. The van der Waals surface area contributed by atoms with Crippen molar-refractivity contribution in [2.45, 2.75) is 32.9 Å². The molecule has 120 valence electrons. The summed E-state index contributed by atoms with van der Waals surface area (Å²) >= 11 is 0. The van der Waals surface area contributed by atoms with Gasteiger partial charge in [-0.3, -0.25) is 4.98 Å². The fourth-order valence-electron chi connectivity index (χ4n) is 1.97. The summed E-state index contributed by atoms with van der Waals surface area (Å²) in [5.74, 6) is 0. The first-order valence-electron chi connectivity index (χ1n) is 7.38. The molecule has 0 aliphatic rings. The molecular formula is C16H29N3O2. The summed E-state index contributed by atoms with van der Waals surface area (Å²) < 4.78 is 10.4. The van der Waals surface area contributed by atoms with Gasteiger partial charge in [0.15, 0.2) is 0 Å². The zero-order valence-electron chi connectivity index (χ0n) is 14.0. The minimum atomic E-state index is 0.0877. The van der Waals surface area contributed by atoms with Gasteiger partial charge in [0, 0.05) is 45.6 Å². The van der Waals surface area contributed by atoms with Crippen molar-refractivity contribution in [1.29, 1.82) is 0 Å². The summed E-state index contributed by atoms with van der Waals surface area (Å²) in [6, 6.07) is 2.07. The first-order chi connectivity index (χ1) is 9.98. The Morgan fingerprint density at radius 3 is 2.29 bits per heavy atom. The Labute approximate surface area is 128 Å². The molecule has 1 aromatic heterocycles. The second-order valence-electron chi connectivity index (χ2n) is 6.08. The minimum absolute atomic E-state index is 0.0877. The van der Waals surface area contributed by atoms with E-state index in [4.69, 9.17) is 9.47 Å². The number of hydrogen-bond donors (Lipinski definition) is 1. The third kappa shape index (κ3) is 6.89. The first kappa shape index (κ1) is 17.9. The van der Waals surface area contributed by atoms with Crippen molar-refractivity contribution in [3.8, 4) is 0 Å². The molecule has 0 aliphatic heterocycles. The molecule has 0 saturated heterocycles. The molecule has 5 heteroatoms. The zero-order chi connectivity index (χ0) is 15.7. The molecule has 0 aliphatic carbocycles. The highest BCUT2D eigenvalue weighted by Crippen LogP contribution is 2.19. The van der Waals surface area contributed by atoms with E-state index in [2.05, 4.69) is 42.0 Å². The van der Waals surface area contributed by atoms with E-state index < -0.39 is 0 Å². The Bertz CT molecular complexity index is 397. The van der Waals surface area contributed by atoms with Crippen LogP contribution in [0.3, 0.4) is 0 Å². The topological polar surface area (TPSA) is 46.6 Å². The molecule has 0 spiro atoms. The third-order valence-corrected chi connectivity index (χ3v) is 3.17. The molecule has 0 saturated carbocycles. The molecule has 1 rings (SSSR count). The van der Waals surface area contributed by atoms with Crippen LogP contribution in [0.25, 0.3) is 0 Å². The fraction of sp³-hybridized carbons (Fsp3) is 0.688. The number of methoxy groups -OCH3 is 2. The lowest BCUT2D eigenvalue weighted by Crippen LogP contribution is -2.36. The standard InChI is InChI=1S/C16H29N3O2/c1-16(2,3)18-12-14-6-7-17-13-15(14)19(8-10-20-4)9-11-21-5/h6-7,13,18H,8-12H2,1-5H3. The van der Waals surface area contributed by atoms with E-state index >= 15 is 0 Å². The number of hydrogen-bond acceptors (Lipinski definition) is 5. The smallest absolute Gasteiger partial charge is 0.0637 e. The molecule has 0 aromatic carbocycles. The largest absolute Gasteiger partial charge is 0.383 e. The monoisotopic (exact) mass is 295 g/mol. The summed E-state index contributed by atoms with van der Waals surface area (Å²) in [6.07, 6.45) is 3.76. The predicted octanol–water partition coefficient (Wildman–Crippen LogP) is 2.07. The van der Waals surface area contributed by atoms with E-state index in [1.807, 2.05) is 12.4 Å². The van der Waals surface area contributed by atoms with Gasteiger partial charge in [-0.25, -0.2) is 0 Å². The lowest BCUT2D eigenvalue weighted by Gasteiger charge is -2.28. The average molecular weight is 295 g/mol. The van der Waals surface area contributed by atoms with E-state index in [0.717, 1.165) is 25.3 Å². The highest BCUT2D eigenvalue weighted by atomic mass is 16.5. The van der Waals surface area contributed by atoms with Gasteiger partial charge >= 0.3 is 0 Å². The van der Waals surface area contributed by atoms with Crippen LogP contribution in [0.15, 0.2) is 18.5 Å². The minimum Gasteiger partial charge on any atom is -0.383 e. The molecule has 0 atom stereocenters. The molecule has 5 nitrogen and oxygen atoms in total. The highest BCUT2D eigenvalue weighted by Gasteiger charge is 2.14. The molecule has 1 heterocycles. The van der Waals surface area contributed by atoms with Gasteiger partial charge in [0.1, 0.15) is 0 Å². The zero-order valence-corrected chi connectivity index (χ0v) is 14.0. The lowest BCUT2D eigenvalue weighted by molar-refractivity contribution is 0.190. The van der Waals surface area contributed by atoms with Crippen molar-refractivity contribution in [3.05, 3.63) is 24.0 Å². The van der Waals surface area contributed by atoms with Crippen LogP contribution in [0.1, 0.15) is 26.3 Å². The van der Waals surface area contributed by atoms with Gasteiger partial charge in [0.2, 0.25) is 0 Å². The maximum atomic E-state index is 5.21. The quantitative estimate of drug-likeness (QED) is 0.755. The molecule has 1 N–H and O–H groups in total. The maximum Gasteiger partial charge on any atom is 0.0637 e. The second-order valence-corrected chi connectivity index (χ2v) is 6.08. The van der Waals surface area contributed by atoms with Gasteiger partial charge in [0.25, 0.3) is 0 Å². The number of anilines is 1. The molecule has 0 bridgehead atoms. The Balaban J connectivity index is 2.84. The summed E-state index contributed by atoms with van der Waals surface area (Å²) in [4.78, 5) is 6.54. The van der Waals surface area contributed by atoms with E-state index in [1.165, 1.54) is 5.56 Å². The average Bonchev–Trinajstić information content (AvgIpc) is 2.45. The number of nitrogens with zero attached hydrogens (tertiary/aromatic N) is 2. The fourth-order valence-corrected chi connectivity index (χ4v) is 1.97. The van der Waals surface area contributed by atoms with Crippen molar-refractivity contribution < 1.29 is 9.47 Å². The van der Waals surface area contributed by atoms with Crippen LogP contribution in [0.2, 0.25) is 0 Å². The Morgan fingerprint density at radius 1 is 1.14 bits per heavy atom. The predicted molar refractivity (Wildman–Crippen MR) is 86.8 cm³/mol. The highest BCUT2D eigenvalue weighted by molar-refractivity contribution is 5.51. The van der Waals surface area contributed by atoms with E-state index in [9.17, 15) is 0 Å². The molecule has 0 amide bonds. The number of pyridine rings is 1. The van der Waals surface area contributed by atoms with Crippen molar-refractivity contribution in [3.63, 3.8) is 0 Å². The number of aromatic nitrogens is 1. The number of ether oxygens (including phenoxy) is 2. The van der Waals surface area contributed by atoms with E-state index in [-0.39, 0.29) is 5.54 Å². The lowest BCUT2D eigenvalue weighted by atomic mass is 10.1. The molecule has 0 radical (unpaired) electrons. The molecule has 1 aromatic rings. The summed E-state index contributed by atoms with van der Waals surface area (Å²) in [5, 5.41) is 3.53. The van der Waals surface area contributed by atoms with Crippen LogP contribution < -0.4 is 10.2 Å². The molecule has 0 fully saturated rings. The maximum absolute atomic E-state index is 5.21. The summed E-state index contributed by atoms with van der Waals surface area (Å²) in [5.41, 5.74) is 2.47. The third-order valence-electron chi connectivity index (χ3n) is 3.17.